The number of nitrogens with one attached hydrogen (secondary N) is 1. The number of aromatic amines is 1. The van der Waals surface area contributed by atoms with Crippen molar-refractivity contribution in [2.75, 3.05) is 13.7 Å². The van der Waals surface area contributed by atoms with Crippen LogP contribution in [0.2, 0.25) is 0 Å². The molecular weight excluding hydrogens is 354 g/mol. The highest BCUT2D eigenvalue weighted by Crippen LogP contribution is 2.31. The lowest BCUT2D eigenvalue weighted by molar-refractivity contribution is 0.0918. The number of ketones is 1. The van der Waals surface area contributed by atoms with E-state index in [0.29, 0.717) is 42.1 Å². The summed E-state index contributed by atoms with van der Waals surface area (Å²) in [4.78, 5) is 13.2. The number of aromatic nitrogens is 2. The molecular formula is C18H23N3O4S. The molecule has 0 spiro atoms. The van der Waals surface area contributed by atoms with E-state index in [4.69, 9.17) is 4.74 Å². The Bertz CT molecular complexity index is 930. The van der Waals surface area contributed by atoms with Crippen molar-refractivity contribution in [3.8, 4) is 5.75 Å². The Morgan fingerprint density at radius 2 is 2.04 bits per heavy atom. The molecule has 0 radical (unpaired) electrons. The Morgan fingerprint density at radius 3 is 2.62 bits per heavy atom. The first-order valence-corrected chi connectivity index (χ1v) is 9.93. The Kier molecular flexibility index (Phi) is 4.90. The molecule has 2 aromatic rings. The summed E-state index contributed by atoms with van der Waals surface area (Å²) in [6.07, 6.45) is 1.17. The fraction of sp³-hybridized carbons (Fsp3) is 0.444. The number of methoxy groups -OCH3 is 1. The zero-order valence-corrected chi connectivity index (χ0v) is 16.2. The van der Waals surface area contributed by atoms with Crippen molar-refractivity contribution in [1.82, 2.24) is 14.5 Å². The summed E-state index contributed by atoms with van der Waals surface area (Å²) in [6.45, 7) is 5.51. The molecule has 0 bridgehead atoms. The van der Waals surface area contributed by atoms with Gasteiger partial charge in [-0.1, -0.05) is 0 Å². The van der Waals surface area contributed by atoms with Gasteiger partial charge in [0, 0.05) is 12.1 Å². The van der Waals surface area contributed by atoms with Crippen molar-refractivity contribution in [2.45, 2.75) is 44.6 Å². The highest BCUT2D eigenvalue weighted by Gasteiger charge is 2.41. The van der Waals surface area contributed by atoms with E-state index in [1.165, 1.54) is 4.31 Å². The number of sulfonamides is 1. The molecule has 1 fully saturated rings. The third-order valence-corrected chi connectivity index (χ3v) is 6.98. The van der Waals surface area contributed by atoms with E-state index in [1.807, 2.05) is 6.92 Å². The van der Waals surface area contributed by atoms with Crippen LogP contribution in [0.25, 0.3) is 0 Å². The van der Waals surface area contributed by atoms with Gasteiger partial charge in [-0.05, 0) is 57.4 Å². The molecule has 1 aliphatic rings. The first-order valence-electron chi connectivity index (χ1n) is 8.49. The highest BCUT2D eigenvalue weighted by atomic mass is 32.2. The second-order valence-electron chi connectivity index (χ2n) is 6.59. The van der Waals surface area contributed by atoms with Crippen LogP contribution in [-0.4, -0.2) is 48.4 Å². The number of nitrogens with zero attached hydrogens (tertiary/aromatic N) is 2. The number of hydrogen-bond donors (Lipinski definition) is 1. The molecule has 7 nitrogen and oxygen atoms in total. The summed E-state index contributed by atoms with van der Waals surface area (Å²) in [5, 5.41) is 6.69. The number of hydrogen-bond acceptors (Lipinski definition) is 5. The van der Waals surface area contributed by atoms with Gasteiger partial charge in [0.15, 0.2) is 5.78 Å². The highest BCUT2D eigenvalue weighted by molar-refractivity contribution is 7.89. The van der Waals surface area contributed by atoms with Gasteiger partial charge in [0.1, 0.15) is 10.6 Å². The van der Waals surface area contributed by atoms with Crippen LogP contribution >= 0.6 is 0 Å². The molecule has 1 aliphatic heterocycles. The number of aryl methyl sites for hydroxylation is 3. The van der Waals surface area contributed by atoms with E-state index in [-0.39, 0.29) is 10.7 Å². The van der Waals surface area contributed by atoms with Crippen LogP contribution in [0, 0.1) is 20.8 Å². The molecule has 140 valence electrons. The summed E-state index contributed by atoms with van der Waals surface area (Å²) in [7, 11) is -2.21. The quantitative estimate of drug-likeness (QED) is 0.808. The maximum atomic E-state index is 13.1. The SMILES string of the molecule is COc1ccc(C(=O)C2CCCN2S(=O)(=O)c2c(C)n[nH]c2C)cc1C. The van der Waals surface area contributed by atoms with Gasteiger partial charge in [-0.3, -0.25) is 9.89 Å². The van der Waals surface area contributed by atoms with Gasteiger partial charge >= 0.3 is 0 Å². The number of carbonyl (C=O) groups is 1. The maximum absolute atomic E-state index is 13.1. The smallest absolute Gasteiger partial charge is 0.247 e. The van der Waals surface area contributed by atoms with E-state index in [9.17, 15) is 13.2 Å². The Labute approximate surface area is 153 Å². The van der Waals surface area contributed by atoms with Crippen LogP contribution in [0.15, 0.2) is 23.1 Å². The van der Waals surface area contributed by atoms with Crippen LogP contribution in [-0.2, 0) is 10.0 Å². The van der Waals surface area contributed by atoms with Gasteiger partial charge in [-0.25, -0.2) is 8.42 Å². The lowest BCUT2D eigenvalue weighted by Crippen LogP contribution is -2.40. The molecule has 1 N–H and O–H groups in total. The standard InChI is InChI=1S/C18H23N3O4S/c1-11-10-14(7-8-16(11)25-4)17(22)15-6-5-9-21(15)26(23,24)18-12(2)19-20-13(18)3/h7-8,10,15H,5-6,9H2,1-4H3,(H,19,20). The van der Waals surface area contributed by atoms with Gasteiger partial charge < -0.3 is 4.74 Å². The number of ether oxygens (including phenoxy) is 1. The lowest BCUT2D eigenvalue weighted by Gasteiger charge is -2.23. The van der Waals surface area contributed by atoms with E-state index >= 15 is 0 Å². The second kappa shape index (κ2) is 6.85. The molecule has 1 unspecified atom stereocenters. The maximum Gasteiger partial charge on any atom is 0.247 e. The first-order chi connectivity index (χ1) is 12.3. The molecule has 8 heteroatoms. The fourth-order valence-electron chi connectivity index (χ4n) is 3.55. The van der Waals surface area contributed by atoms with Gasteiger partial charge in [-0.15, -0.1) is 0 Å². The number of rotatable bonds is 5. The Balaban J connectivity index is 1.95. The zero-order chi connectivity index (χ0) is 19.1. The van der Waals surface area contributed by atoms with Crippen molar-refractivity contribution < 1.29 is 17.9 Å². The molecule has 2 heterocycles. The summed E-state index contributed by atoms with van der Waals surface area (Å²) < 4.78 is 32.8. The van der Waals surface area contributed by atoms with E-state index in [0.717, 1.165) is 5.56 Å². The second-order valence-corrected chi connectivity index (χ2v) is 8.41. The van der Waals surface area contributed by atoms with Gasteiger partial charge in [0.25, 0.3) is 0 Å². The summed E-state index contributed by atoms with van der Waals surface area (Å²) in [6, 6.07) is 4.48. The number of Topliss-reactive ketones (excluding diaryl/α,β-unsaturated/α-hetero) is 1. The van der Waals surface area contributed by atoms with Crippen LogP contribution in [0.5, 0.6) is 5.75 Å². The van der Waals surface area contributed by atoms with Crippen LogP contribution in [0.4, 0.5) is 0 Å². The summed E-state index contributed by atoms with van der Waals surface area (Å²) in [5.74, 6) is 0.512. The Morgan fingerprint density at radius 1 is 1.31 bits per heavy atom. The van der Waals surface area contributed by atoms with Gasteiger partial charge in [0.05, 0.1) is 24.5 Å². The summed E-state index contributed by atoms with van der Waals surface area (Å²) >= 11 is 0. The molecule has 1 atom stereocenters. The van der Waals surface area contributed by atoms with Gasteiger partial charge in [0.2, 0.25) is 10.0 Å². The first kappa shape index (κ1) is 18.6. The predicted molar refractivity (Wildman–Crippen MR) is 97.0 cm³/mol. The van der Waals surface area contributed by atoms with Crippen molar-refractivity contribution in [3.05, 3.63) is 40.7 Å². The third-order valence-electron chi connectivity index (χ3n) is 4.81. The van der Waals surface area contributed by atoms with Crippen LogP contribution in [0.1, 0.15) is 40.2 Å². The number of carbonyl (C=O) groups excluding carboxylic acids is 1. The number of H-pyrrole nitrogens is 1. The molecule has 3 rings (SSSR count). The molecule has 0 aliphatic carbocycles. The fourth-order valence-corrected chi connectivity index (χ4v) is 5.54. The zero-order valence-electron chi connectivity index (χ0n) is 15.4. The van der Waals surface area contributed by atoms with E-state index in [2.05, 4.69) is 10.2 Å². The molecule has 0 amide bonds. The molecule has 1 saturated heterocycles. The molecule has 1 aromatic carbocycles. The molecule has 0 saturated carbocycles. The largest absolute Gasteiger partial charge is 0.496 e. The van der Waals surface area contributed by atoms with Crippen molar-refractivity contribution in [2.24, 2.45) is 0 Å². The van der Waals surface area contributed by atoms with Crippen molar-refractivity contribution >= 4 is 15.8 Å². The lowest BCUT2D eigenvalue weighted by atomic mass is 10.0. The average Bonchev–Trinajstić information content (AvgIpc) is 3.21. The third kappa shape index (κ3) is 3.03. The van der Waals surface area contributed by atoms with Crippen molar-refractivity contribution in [1.29, 1.82) is 0 Å². The van der Waals surface area contributed by atoms with Crippen LogP contribution < -0.4 is 4.74 Å². The predicted octanol–water partition coefficient (Wildman–Crippen LogP) is 2.38. The number of benzene rings is 1. The molecule has 26 heavy (non-hydrogen) atoms. The summed E-state index contributed by atoms with van der Waals surface area (Å²) in [5.41, 5.74) is 2.24. The Hall–Kier alpha value is -2.19. The van der Waals surface area contributed by atoms with Gasteiger partial charge in [-0.2, -0.15) is 9.40 Å². The molecule has 1 aromatic heterocycles. The topological polar surface area (TPSA) is 92.4 Å². The van der Waals surface area contributed by atoms with Crippen LogP contribution in [0.3, 0.4) is 0 Å². The monoisotopic (exact) mass is 377 g/mol. The average molecular weight is 377 g/mol. The van der Waals surface area contributed by atoms with E-state index < -0.39 is 16.1 Å². The normalized spacial score (nSPS) is 18.2. The minimum atomic E-state index is -3.79. The minimum absolute atomic E-state index is 0.170. The van der Waals surface area contributed by atoms with Crippen molar-refractivity contribution in [3.63, 3.8) is 0 Å². The minimum Gasteiger partial charge on any atom is -0.496 e. The van der Waals surface area contributed by atoms with E-state index in [1.54, 1.807) is 39.2 Å².